The number of nitrogens with one attached hydrogen (secondary N) is 2. The number of hydrogen-bond acceptors (Lipinski definition) is 6. The maximum absolute atomic E-state index is 13.0. The van der Waals surface area contributed by atoms with Crippen LogP contribution in [0.3, 0.4) is 0 Å². The molecule has 5 fully saturated rings. The average Bonchev–Trinajstić information content (AvgIpc) is 3.24. The van der Waals surface area contributed by atoms with E-state index in [4.69, 9.17) is 0 Å². The summed E-state index contributed by atoms with van der Waals surface area (Å²) in [7, 11) is 0. The van der Waals surface area contributed by atoms with Crippen molar-refractivity contribution in [2.75, 3.05) is 29.7 Å². The Kier molecular flexibility index (Phi) is 7.83. The Hall–Kier alpha value is -1.42. The summed E-state index contributed by atoms with van der Waals surface area (Å²) in [5.41, 5.74) is -0.132. The van der Waals surface area contributed by atoms with Gasteiger partial charge in [0.15, 0.2) is 0 Å². The maximum atomic E-state index is 13.0. The van der Waals surface area contributed by atoms with Crippen molar-refractivity contribution in [1.29, 1.82) is 0 Å². The van der Waals surface area contributed by atoms with Gasteiger partial charge in [-0.05, 0) is 68.5 Å². The summed E-state index contributed by atoms with van der Waals surface area (Å²) in [6.07, 6.45) is 7.88. The van der Waals surface area contributed by atoms with Crippen LogP contribution in [-0.4, -0.2) is 75.5 Å². The molecule has 0 aromatic heterocycles. The lowest BCUT2D eigenvalue weighted by Gasteiger charge is -2.55. The molecule has 4 saturated carbocycles. The molecule has 4 bridgehead atoms. The SMILES string of the molecule is CC(=O)N1CSC[C@H]1C(=O)N[C@@H](CSCCCNC(=O)C12CC3CC(CC(C3)C1)C2)C(=O)O. The predicted octanol–water partition coefficient (Wildman–Crippen LogP) is 1.93. The van der Waals surface area contributed by atoms with Crippen molar-refractivity contribution in [2.24, 2.45) is 23.2 Å². The molecule has 33 heavy (non-hydrogen) atoms. The lowest BCUT2D eigenvalue weighted by atomic mass is 9.49. The lowest BCUT2D eigenvalue weighted by molar-refractivity contribution is -0.146. The number of amides is 3. The van der Waals surface area contributed by atoms with E-state index in [0.29, 0.717) is 23.9 Å². The Bertz CT molecular complexity index is 757. The van der Waals surface area contributed by atoms with Gasteiger partial charge in [0.05, 0.1) is 5.88 Å². The van der Waals surface area contributed by atoms with Crippen molar-refractivity contribution < 1.29 is 24.3 Å². The summed E-state index contributed by atoms with van der Waals surface area (Å²) in [5, 5.41) is 15.2. The molecule has 2 atom stereocenters. The van der Waals surface area contributed by atoms with Gasteiger partial charge in [0.1, 0.15) is 12.1 Å². The number of nitrogens with zero attached hydrogens (tertiary/aromatic N) is 1. The van der Waals surface area contributed by atoms with Crippen LogP contribution in [0.1, 0.15) is 51.9 Å². The summed E-state index contributed by atoms with van der Waals surface area (Å²) in [6.45, 7) is 2.02. The highest BCUT2D eigenvalue weighted by atomic mass is 32.2. The Balaban J connectivity index is 1.15. The van der Waals surface area contributed by atoms with Crippen LogP contribution in [0.4, 0.5) is 0 Å². The Labute approximate surface area is 203 Å². The molecule has 0 aromatic carbocycles. The number of thioether (sulfide) groups is 2. The first-order valence-corrected chi connectivity index (χ1v) is 14.3. The Morgan fingerprint density at radius 2 is 1.76 bits per heavy atom. The number of carbonyl (C=O) groups is 4. The van der Waals surface area contributed by atoms with Crippen molar-refractivity contribution in [3.05, 3.63) is 0 Å². The van der Waals surface area contributed by atoms with Gasteiger partial charge in [0.25, 0.3) is 0 Å². The third-order valence-corrected chi connectivity index (χ3v) is 9.92. The van der Waals surface area contributed by atoms with Gasteiger partial charge in [-0.2, -0.15) is 11.8 Å². The molecule has 1 saturated heterocycles. The maximum Gasteiger partial charge on any atom is 0.327 e. The fourth-order valence-electron chi connectivity index (χ4n) is 6.57. The van der Waals surface area contributed by atoms with Gasteiger partial charge in [0.2, 0.25) is 17.7 Å². The fraction of sp³-hybridized carbons (Fsp3) is 0.826. The van der Waals surface area contributed by atoms with Gasteiger partial charge in [-0.1, -0.05) is 0 Å². The molecule has 10 heteroatoms. The van der Waals surface area contributed by atoms with Gasteiger partial charge < -0.3 is 20.6 Å². The van der Waals surface area contributed by atoms with E-state index in [0.717, 1.165) is 43.4 Å². The minimum atomic E-state index is -1.08. The predicted molar refractivity (Wildman–Crippen MR) is 129 cm³/mol. The summed E-state index contributed by atoms with van der Waals surface area (Å²) in [4.78, 5) is 50.2. The van der Waals surface area contributed by atoms with E-state index in [1.54, 1.807) is 0 Å². The third kappa shape index (κ3) is 5.63. The number of rotatable bonds is 10. The highest BCUT2D eigenvalue weighted by Gasteiger charge is 2.54. The monoisotopic (exact) mass is 497 g/mol. The molecule has 0 aromatic rings. The summed E-state index contributed by atoms with van der Waals surface area (Å²) < 4.78 is 0. The van der Waals surface area contributed by atoms with Crippen LogP contribution >= 0.6 is 23.5 Å². The second kappa shape index (κ2) is 10.5. The van der Waals surface area contributed by atoms with E-state index in [1.807, 2.05) is 0 Å². The molecule has 1 heterocycles. The first kappa shape index (κ1) is 24.7. The van der Waals surface area contributed by atoms with Gasteiger partial charge in [-0.15, -0.1) is 11.8 Å². The molecular formula is C23H35N3O5S2. The van der Waals surface area contributed by atoms with Crippen molar-refractivity contribution in [2.45, 2.75) is 64.0 Å². The number of carboxylic acids is 1. The first-order chi connectivity index (χ1) is 15.8. The molecule has 1 aliphatic heterocycles. The van der Waals surface area contributed by atoms with Crippen molar-refractivity contribution in [3.63, 3.8) is 0 Å². The zero-order chi connectivity index (χ0) is 23.6. The van der Waals surface area contributed by atoms with Gasteiger partial charge >= 0.3 is 5.97 Å². The molecule has 5 rings (SSSR count). The third-order valence-electron chi connectivity index (χ3n) is 7.76. The fourth-order valence-corrected chi connectivity index (χ4v) is 8.76. The van der Waals surface area contributed by atoms with Crippen LogP contribution in [0.5, 0.6) is 0 Å². The smallest absolute Gasteiger partial charge is 0.327 e. The largest absolute Gasteiger partial charge is 0.480 e. The molecular weight excluding hydrogens is 462 g/mol. The van der Waals surface area contributed by atoms with E-state index in [9.17, 15) is 24.3 Å². The molecule has 0 radical (unpaired) electrons. The molecule has 3 N–H and O–H groups in total. The van der Waals surface area contributed by atoms with E-state index < -0.39 is 24.0 Å². The summed E-state index contributed by atoms with van der Waals surface area (Å²) in [6, 6.07) is -1.61. The lowest BCUT2D eigenvalue weighted by Crippen LogP contribution is -2.53. The number of carbonyl (C=O) groups excluding carboxylic acids is 3. The normalized spacial score (nSPS) is 33.1. The molecule has 4 aliphatic carbocycles. The van der Waals surface area contributed by atoms with Crippen LogP contribution in [0.15, 0.2) is 0 Å². The molecule has 5 aliphatic rings. The Morgan fingerprint density at radius 3 is 2.33 bits per heavy atom. The quantitative estimate of drug-likeness (QED) is 0.395. The van der Waals surface area contributed by atoms with Crippen LogP contribution < -0.4 is 10.6 Å². The van der Waals surface area contributed by atoms with Gasteiger partial charge in [-0.25, -0.2) is 4.79 Å². The van der Waals surface area contributed by atoms with Crippen LogP contribution in [0.2, 0.25) is 0 Å². The second-order valence-electron chi connectivity index (χ2n) is 10.3. The zero-order valence-electron chi connectivity index (χ0n) is 19.2. The summed E-state index contributed by atoms with van der Waals surface area (Å²) in [5.74, 6) is 2.68. The van der Waals surface area contributed by atoms with E-state index in [-0.39, 0.29) is 23.0 Å². The van der Waals surface area contributed by atoms with Crippen molar-refractivity contribution >= 4 is 47.2 Å². The molecule has 0 unspecified atom stereocenters. The number of aliphatic carboxylic acids is 1. The van der Waals surface area contributed by atoms with E-state index >= 15 is 0 Å². The Morgan fingerprint density at radius 1 is 1.12 bits per heavy atom. The summed E-state index contributed by atoms with van der Waals surface area (Å²) >= 11 is 2.95. The highest BCUT2D eigenvalue weighted by molar-refractivity contribution is 7.99. The van der Waals surface area contributed by atoms with Gasteiger partial charge in [-0.3, -0.25) is 14.4 Å². The average molecular weight is 498 g/mol. The standard InChI is InChI=1S/C23H35N3O5S2/c1-14(27)26-13-33-12-19(26)20(28)25-18(21(29)30)11-32-4-2-3-24-22(31)23-8-15-5-16(9-23)7-17(6-15)10-23/h15-19H,2-13H2,1H3,(H,24,31)(H,25,28)(H,29,30)/t15?,16?,17?,18-,19-,23?/m0/s1. The van der Waals surface area contributed by atoms with E-state index in [1.165, 1.54) is 54.6 Å². The van der Waals surface area contributed by atoms with Crippen LogP contribution in [0.25, 0.3) is 0 Å². The highest BCUT2D eigenvalue weighted by Crippen LogP contribution is 2.60. The molecule has 3 amide bonds. The van der Waals surface area contributed by atoms with Crippen molar-refractivity contribution in [1.82, 2.24) is 15.5 Å². The second-order valence-corrected chi connectivity index (χ2v) is 12.4. The topological polar surface area (TPSA) is 116 Å². The number of carboxylic acid groups (broad SMARTS) is 1. The van der Waals surface area contributed by atoms with Crippen molar-refractivity contribution in [3.8, 4) is 0 Å². The van der Waals surface area contributed by atoms with Crippen LogP contribution in [0, 0.1) is 23.2 Å². The molecule has 8 nitrogen and oxygen atoms in total. The molecule has 184 valence electrons. The van der Waals surface area contributed by atoms with Crippen LogP contribution in [-0.2, 0) is 19.2 Å². The van der Waals surface area contributed by atoms with Gasteiger partial charge in [0, 0.05) is 30.4 Å². The van der Waals surface area contributed by atoms with E-state index in [2.05, 4.69) is 10.6 Å². The molecule has 0 spiro atoms. The zero-order valence-corrected chi connectivity index (χ0v) is 20.8. The first-order valence-electron chi connectivity index (χ1n) is 12.0. The minimum absolute atomic E-state index is 0.132. The number of hydrogen-bond donors (Lipinski definition) is 3. The minimum Gasteiger partial charge on any atom is -0.480 e.